The molecule has 0 atom stereocenters. The Labute approximate surface area is 87.7 Å². The number of carbonyl (C=O) groups is 1. The normalized spacial score (nSPS) is 14.4. The van der Waals surface area contributed by atoms with Crippen LogP contribution in [0.5, 0.6) is 0 Å². The zero-order valence-electron chi connectivity index (χ0n) is 8.79. The third kappa shape index (κ3) is 1.52. The Morgan fingerprint density at radius 3 is 2.93 bits per heavy atom. The van der Waals surface area contributed by atoms with Crippen molar-refractivity contribution < 1.29 is 13.9 Å². The van der Waals surface area contributed by atoms with Crippen LogP contribution < -0.4 is 5.73 Å². The highest BCUT2D eigenvalue weighted by atomic mass is 16.5. The first-order chi connectivity index (χ1) is 7.13. The second-order valence-electron chi connectivity index (χ2n) is 3.56. The minimum Gasteiger partial charge on any atom is -0.501 e. The molecule has 0 unspecified atom stereocenters. The number of allylic oxidation sites excluding steroid dienone is 2. The van der Waals surface area contributed by atoms with Gasteiger partial charge in [0.15, 0.2) is 11.5 Å². The molecule has 0 saturated heterocycles. The molecule has 0 radical (unpaired) electrons. The number of furan rings is 1. The van der Waals surface area contributed by atoms with Crippen molar-refractivity contribution in [2.24, 2.45) is 0 Å². The third-order valence-corrected chi connectivity index (χ3v) is 2.58. The lowest BCUT2D eigenvalue weighted by molar-refractivity contribution is 0.0987. The van der Waals surface area contributed by atoms with E-state index in [9.17, 15) is 4.79 Å². The van der Waals surface area contributed by atoms with Crippen LogP contribution in [0.25, 0.3) is 0 Å². The Balaban J connectivity index is 2.42. The molecule has 15 heavy (non-hydrogen) atoms. The number of anilines is 1. The van der Waals surface area contributed by atoms with Crippen LogP contribution in [0.2, 0.25) is 0 Å². The molecule has 1 aliphatic rings. The van der Waals surface area contributed by atoms with Crippen LogP contribution in [-0.4, -0.2) is 12.9 Å². The van der Waals surface area contributed by atoms with Gasteiger partial charge in [-0.2, -0.15) is 0 Å². The summed E-state index contributed by atoms with van der Waals surface area (Å²) >= 11 is 0. The SMILES string of the molecule is COC1=CCc2oc(C(C)=O)c(N)c2C1. The number of nitrogens with two attached hydrogens (primary N) is 1. The number of ketones is 1. The highest BCUT2D eigenvalue weighted by molar-refractivity contribution is 5.97. The summed E-state index contributed by atoms with van der Waals surface area (Å²) in [5, 5.41) is 0. The topological polar surface area (TPSA) is 65.5 Å². The fourth-order valence-electron chi connectivity index (χ4n) is 1.76. The fourth-order valence-corrected chi connectivity index (χ4v) is 1.76. The zero-order valence-corrected chi connectivity index (χ0v) is 8.79. The maximum atomic E-state index is 11.2. The highest BCUT2D eigenvalue weighted by Crippen LogP contribution is 2.31. The number of methoxy groups -OCH3 is 1. The summed E-state index contributed by atoms with van der Waals surface area (Å²) in [5.74, 6) is 1.77. The van der Waals surface area contributed by atoms with Crippen LogP contribution in [0.3, 0.4) is 0 Å². The van der Waals surface area contributed by atoms with Crippen molar-refractivity contribution in [3.63, 3.8) is 0 Å². The van der Waals surface area contributed by atoms with E-state index in [-0.39, 0.29) is 11.5 Å². The molecule has 4 heteroatoms. The number of hydrogen-bond donors (Lipinski definition) is 1. The standard InChI is InChI=1S/C11H13NO3/c1-6(13)11-10(12)8-5-7(14-2)3-4-9(8)15-11/h3H,4-5,12H2,1-2H3. The molecule has 80 valence electrons. The van der Waals surface area contributed by atoms with Gasteiger partial charge < -0.3 is 14.9 Å². The summed E-state index contributed by atoms with van der Waals surface area (Å²) < 4.78 is 10.6. The second kappa shape index (κ2) is 3.46. The number of nitrogen functional groups attached to an aromatic ring is 1. The molecular weight excluding hydrogens is 194 g/mol. The Morgan fingerprint density at radius 1 is 1.60 bits per heavy atom. The van der Waals surface area contributed by atoms with E-state index < -0.39 is 0 Å². The molecule has 1 aromatic heterocycles. The maximum absolute atomic E-state index is 11.2. The predicted molar refractivity (Wildman–Crippen MR) is 55.6 cm³/mol. The Bertz CT molecular complexity index is 443. The Hall–Kier alpha value is -1.71. The molecule has 1 heterocycles. The van der Waals surface area contributed by atoms with Crippen molar-refractivity contribution in [3.05, 3.63) is 28.9 Å². The number of fused-ring (bicyclic) bond motifs is 1. The van der Waals surface area contributed by atoms with Crippen LogP contribution in [0.4, 0.5) is 5.69 Å². The molecular formula is C11H13NO3. The van der Waals surface area contributed by atoms with Crippen LogP contribution in [0, 0.1) is 0 Å². The summed E-state index contributed by atoms with van der Waals surface area (Å²) in [4.78, 5) is 11.2. The minimum absolute atomic E-state index is 0.138. The lowest BCUT2D eigenvalue weighted by Crippen LogP contribution is -2.04. The number of carbonyl (C=O) groups excluding carboxylic acids is 1. The average molecular weight is 207 g/mol. The van der Waals surface area contributed by atoms with Gasteiger partial charge in [0.25, 0.3) is 0 Å². The van der Waals surface area contributed by atoms with Crippen molar-refractivity contribution in [2.45, 2.75) is 19.8 Å². The first kappa shape index (κ1) is 9.83. The van der Waals surface area contributed by atoms with E-state index in [2.05, 4.69) is 0 Å². The quantitative estimate of drug-likeness (QED) is 0.749. The van der Waals surface area contributed by atoms with Gasteiger partial charge in [0.2, 0.25) is 0 Å². The number of ether oxygens (including phenoxy) is 1. The first-order valence-electron chi connectivity index (χ1n) is 4.77. The Kier molecular flexibility index (Phi) is 2.26. The summed E-state index contributed by atoms with van der Waals surface area (Å²) in [6.07, 6.45) is 3.18. The molecule has 0 aliphatic heterocycles. The van der Waals surface area contributed by atoms with Gasteiger partial charge in [0.1, 0.15) is 5.76 Å². The van der Waals surface area contributed by atoms with Crippen molar-refractivity contribution in [1.29, 1.82) is 0 Å². The van der Waals surface area contributed by atoms with E-state index in [0.717, 1.165) is 17.1 Å². The number of rotatable bonds is 2. The van der Waals surface area contributed by atoms with Gasteiger partial charge in [-0.1, -0.05) is 0 Å². The summed E-state index contributed by atoms with van der Waals surface area (Å²) in [6.45, 7) is 1.45. The van der Waals surface area contributed by atoms with E-state index in [0.29, 0.717) is 18.5 Å². The smallest absolute Gasteiger partial charge is 0.197 e. The highest BCUT2D eigenvalue weighted by Gasteiger charge is 2.23. The van der Waals surface area contributed by atoms with E-state index in [1.165, 1.54) is 6.92 Å². The molecule has 4 nitrogen and oxygen atoms in total. The lowest BCUT2D eigenvalue weighted by atomic mass is 10.0. The predicted octanol–water partition coefficient (Wildman–Crippen LogP) is 1.69. The largest absolute Gasteiger partial charge is 0.501 e. The van der Waals surface area contributed by atoms with Gasteiger partial charge in [-0.15, -0.1) is 0 Å². The zero-order chi connectivity index (χ0) is 11.0. The molecule has 2 rings (SSSR count). The van der Waals surface area contributed by atoms with Gasteiger partial charge in [-0.3, -0.25) is 4.79 Å². The molecule has 1 aliphatic carbocycles. The van der Waals surface area contributed by atoms with Crippen molar-refractivity contribution in [1.82, 2.24) is 0 Å². The van der Waals surface area contributed by atoms with Gasteiger partial charge in [0, 0.05) is 25.3 Å². The van der Waals surface area contributed by atoms with E-state index in [4.69, 9.17) is 14.9 Å². The monoisotopic (exact) mass is 207 g/mol. The van der Waals surface area contributed by atoms with Gasteiger partial charge in [-0.25, -0.2) is 0 Å². The summed E-state index contributed by atoms with van der Waals surface area (Å²) in [6, 6.07) is 0. The maximum Gasteiger partial charge on any atom is 0.197 e. The number of hydrogen-bond acceptors (Lipinski definition) is 4. The number of Topliss-reactive ketones (excluding diaryl/α,β-unsaturated/α-hetero) is 1. The van der Waals surface area contributed by atoms with Crippen LogP contribution >= 0.6 is 0 Å². The van der Waals surface area contributed by atoms with Crippen molar-refractivity contribution >= 4 is 11.5 Å². The van der Waals surface area contributed by atoms with Crippen LogP contribution in [0.15, 0.2) is 16.3 Å². The lowest BCUT2D eigenvalue weighted by Gasteiger charge is -2.11. The second-order valence-corrected chi connectivity index (χ2v) is 3.56. The molecule has 2 N–H and O–H groups in total. The van der Waals surface area contributed by atoms with Crippen molar-refractivity contribution in [3.8, 4) is 0 Å². The molecule has 0 spiro atoms. The first-order valence-corrected chi connectivity index (χ1v) is 4.77. The van der Waals surface area contributed by atoms with Gasteiger partial charge in [0.05, 0.1) is 18.6 Å². The van der Waals surface area contributed by atoms with Gasteiger partial charge in [-0.05, 0) is 6.08 Å². The van der Waals surface area contributed by atoms with Crippen LogP contribution in [0.1, 0.15) is 28.8 Å². The van der Waals surface area contributed by atoms with Gasteiger partial charge >= 0.3 is 0 Å². The van der Waals surface area contributed by atoms with Crippen LogP contribution in [-0.2, 0) is 17.6 Å². The molecule has 0 bridgehead atoms. The molecule has 0 amide bonds. The fraction of sp³-hybridized carbons (Fsp3) is 0.364. The molecule has 0 aromatic carbocycles. The van der Waals surface area contributed by atoms with Crippen molar-refractivity contribution in [2.75, 3.05) is 12.8 Å². The Morgan fingerprint density at radius 2 is 2.33 bits per heavy atom. The minimum atomic E-state index is -0.138. The third-order valence-electron chi connectivity index (χ3n) is 2.58. The molecule has 0 fully saturated rings. The van der Waals surface area contributed by atoms with E-state index in [1.54, 1.807) is 7.11 Å². The molecule has 0 saturated carbocycles. The summed E-state index contributed by atoms with van der Waals surface area (Å²) in [7, 11) is 1.62. The van der Waals surface area contributed by atoms with E-state index in [1.807, 2.05) is 6.08 Å². The van der Waals surface area contributed by atoms with E-state index >= 15 is 0 Å². The molecule has 1 aromatic rings. The average Bonchev–Trinajstić information content (AvgIpc) is 2.56. The summed E-state index contributed by atoms with van der Waals surface area (Å²) in [5.41, 5.74) is 7.19.